The van der Waals surface area contributed by atoms with Crippen molar-refractivity contribution in [1.82, 2.24) is 19.9 Å². The first-order valence-electron chi connectivity index (χ1n) is 10.9. The first-order valence-corrected chi connectivity index (χ1v) is 12.2. The molecule has 3 aromatic heterocycles. The van der Waals surface area contributed by atoms with Crippen molar-refractivity contribution in [3.8, 4) is 0 Å². The van der Waals surface area contributed by atoms with Crippen LogP contribution in [0.15, 0.2) is 79.4 Å². The fraction of sp³-hybridized carbons (Fsp3) is 0.120. The van der Waals surface area contributed by atoms with Crippen molar-refractivity contribution in [3.63, 3.8) is 0 Å². The van der Waals surface area contributed by atoms with Crippen molar-refractivity contribution in [3.05, 3.63) is 84.9 Å². The van der Waals surface area contributed by atoms with E-state index in [1.54, 1.807) is 30.9 Å². The van der Waals surface area contributed by atoms with Crippen molar-refractivity contribution in [2.75, 3.05) is 7.11 Å². The third-order valence-corrected chi connectivity index (χ3v) is 4.78. The molecule has 0 saturated carbocycles. The van der Waals surface area contributed by atoms with E-state index in [1.165, 1.54) is 24.3 Å². The Morgan fingerprint density at radius 3 is 1.46 bits per heavy atom. The molecule has 0 aliphatic carbocycles. The van der Waals surface area contributed by atoms with Crippen LogP contribution in [0.1, 0.15) is 16.8 Å². The quantitative estimate of drug-likeness (QED) is 0.0761. The van der Waals surface area contributed by atoms with Crippen LogP contribution in [-0.2, 0) is 32.3 Å². The third-order valence-electron chi connectivity index (χ3n) is 4.78. The second-order valence-electron chi connectivity index (χ2n) is 7.35. The number of hydrogen-bond donors (Lipinski definition) is 1. The van der Waals surface area contributed by atoms with Gasteiger partial charge in [0.05, 0.1) is 28.5 Å². The molecule has 0 fully saturated rings. The molecule has 2 aromatic carbocycles. The molecule has 11 nitrogen and oxygen atoms in total. The number of pyridine rings is 2. The molecule has 5 rings (SSSR count). The fourth-order valence-electron chi connectivity index (χ4n) is 3.27. The number of aromatic nitrogens is 4. The van der Waals surface area contributed by atoms with Crippen molar-refractivity contribution in [2.24, 2.45) is 0 Å². The molecule has 41 heavy (non-hydrogen) atoms. The minimum absolute atomic E-state index is 0. The summed E-state index contributed by atoms with van der Waals surface area (Å²) in [7, 11) is -4.17. The van der Waals surface area contributed by atoms with Gasteiger partial charge >= 0.3 is 23.2 Å². The second-order valence-corrected chi connectivity index (χ2v) is 8.16. The Balaban J connectivity index is 0.000000333. The zero-order chi connectivity index (χ0) is 29.9. The summed E-state index contributed by atoms with van der Waals surface area (Å²) in [5, 5.41) is 8.98. The number of carbonyl (C=O) groups excluding carboxylic acids is 2. The second kappa shape index (κ2) is 15.8. The molecule has 1 radical (unpaired) electrons. The maximum atomic E-state index is 11.8. The first-order chi connectivity index (χ1) is 18.9. The topological polar surface area (TPSA) is 186 Å². The number of aliphatic hydroxyl groups is 1. The van der Waals surface area contributed by atoms with Gasteiger partial charge in [0, 0.05) is 58.6 Å². The van der Waals surface area contributed by atoms with Gasteiger partial charge in [-0.2, -0.15) is 13.2 Å². The number of fused-ring (bicyclic) bond motifs is 6. The zero-order valence-corrected chi connectivity index (χ0v) is 22.5. The third kappa shape index (κ3) is 10.5. The Kier molecular flexibility index (Phi) is 13.5. The SMILES string of the molecule is CO.O=C(CC(=O)C(F)(F)F)c1ccccc1.O=S(=O)([O-])[O-].[Cu+2].c1cnc2c(c1)c1nccnc1c1cccnc12. The van der Waals surface area contributed by atoms with Crippen LogP contribution in [0.3, 0.4) is 0 Å². The first kappa shape index (κ1) is 35.1. The van der Waals surface area contributed by atoms with Gasteiger partial charge in [0.15, 0.2) is 5.78 Å². The number of alkyl halides is 3. The molecule has 1 N–H and O–H groups in total. The van der Waals surface area contributed by atoms with E-state index in [4.69, 9.17) is 22.6 Å². The van der Waals surface area contributed by atoms with Crippen LogP contribution in [0.2, 0.25) is 0 Å². The van der Waals surface area contributed by atoms with Crippen LogP contribution in [-0.4, -0.2) is 67.4 Å². The van der Waals surface area contributed by atoms with E-state index >= 15 is 0 Å². The Morgan fingerprint density at radius 1 is 0.732 bits per heavy atom. The van der Waals surface area contributed by atoms with Crippen molar-refractivity contribution in [1.29, 1.82) is 0 Å². The molecule has 0 atom stereocenters. The molecule has 219 valence electrons. The van der Waals surface area contributed by atoms with Gasteiger partial charge in [-0.3, -0.25) is 37.9 Å². The molecule has 3 heterocycles. The molecular weight excluding hydrogens is 621 g/mol. The maximum absolute atomic E-state index is 11.8. The number of rotatable bonds is 3. The van der Waals surface area contributed by atoms with Gasteiger partial charge in [0.2, 0.25) is 5.78 Å². The summed E-state index contributed by atoms with van der Waals surface area (Å²) in [4.78, 5) is 39.4. The van der Waals surface area contributed by atoms with Gasteiger partial charge in [0.1, 0.15) is 0 Å². The van der Waals surface area contributed by atoms with E-state index in [9.17, 15) is 22.8 Å². The number of nitrogens with zero attached hydrogens (tertiary/aromatic N) is 4. The molecule has 0 amide bonds. The van der Waals surface area contributed by atoms with Gasteiger partial charge in [-0.1, -0.05) is 30.3 Å². The average molecular weight is 640 g/mol. The monoisotopic (exact) mass is 639 g/mol. The Labute approximate surface area is 241 Å². The molecular formula is C25H19CuF3N4O7S. The van der Waals surface area contributed by atoms with Crippen molar-refractivity contribution < 1.29 is 62.5 Å². The molecule has 0 saturated heterocycles. The summed E-state index contributed by atoms with van der Waals surface area (Å²) in [6.07, 6.45) is 0.892. The molecule has 16 heteroatoms. The summed E-state index contributed by atoms with van der Waals surface area (Å²) in [5.41, 5.74) is 3.61. The Hall–Kier alpha value is -3.92. The van der Waals surface area contributed by atoms with E-state index in [-0.39, 0.29) is 22.6 Å². The number of benzene rings is 2. The summed E-state index contributed by atoms with van der Waals surface area (Å²) >= 11 is 0. The number of hydrogen-bond acceptors (Lipinski definition) is 11. The van der Waals surface area contributed by atoms with Gasteiger partial charge < -0.3 is 14.2 Å². The van der Waals surface area contributed by atoms with Crippen LogP contribution in [0, 0.1) is 0 Å². The van der Waals surface area contributed by atoms with E-state index in [0.717, 1.165) is 39.9 Å². The van der Waals surface area contributed by atoms with Crippen LogP contribution < -0.4 is 0 Å². The van der Waals surface area contributed by atoms with Gasteiger partial charge in [-0.25, -0.2) is 0 Å². The fourth-order valence-corrected chi connectivity index (χ4v) is 3.27. The van der Waals surface area contributed by atoms with E-state index in [1.807, 2.05) is 24.3 Å². The van der Waals surface area contributed by atoms with E-state index in [2.05, 4.69) is 19.9 Å². The number of Topliss-reactive ketones (excluding diaryl/α,β-unsaturated/α-hetero) is 2. The molecule has 5 aromatic rings. The van der Waals surface area contributed by atoms with E-state index < -0.39 is 34.6 Å². The normalized spacial score (nSPS) is 10.6. The minimum atomic E-state index is -5.17. The van der Waals surface area contributed by atoms with Crippen LogP contribution in [0.25, 0.3) is 32.8 Å². The molecule has 0 aliphatic heterocycles. The standard InChI is InChI=1S/C14H8N4.C10H7F3O2.CH4O.Cu.H2O4S/c1-3-9-11(15-5-1)12-10(4-2-6-16-12)14-13(9)17-7-8-18-14;11-10(12,13)9(15)6-8(14)7-4-2-1-3-5-7;1-2;;1-5(2,3)4/h1-8H;1-5H,6H2;2H,1H3;;(H2,1,2,3,4)/q;;;+2;/p-2. The van der Waals surface area contributed by atoms with E-state index in [0.29, 0.717) is 0 Å². The van der Waals surface area contributed by atoms with Crippen LogP contribution >= 0.6 is 0 Å². The summed E-state index contributed by atoms with van der Waals surface area (Å²) in [6, 6.07) is 15.2. The van der Waals surface area contributed by atoms with Crippen molar-refractivity contribution in [2.45, 2.75) is 12.6 Å². The van der Waals surface area contributed by atoms with Crippen LogP contribution in [0.5, 0.6) is 0 Å². The zero-order valence-electron chi connectivity index (χ0n) is 20.7. The van der Waals surface area contributed by atoms with Crippen molar-refractivity contribution >= 4 is 54.8 Å². The Bertz CT molecular complexity index is 1500. The maximum Gasteiger partial charge on any atom is 2.00 e. The van der Waals surface area contributed by atoms with Gasteiger partial charge in [-0.05, 0) is 24.3 Å². The average Bonchev–Trinajstić information content (AvgIpc) is 2.94. The summed E-state index contributed by atoms with van der Waals surface area (Å²) in [6.45, 7) is 0. The van der Waals surface area contributed by atoms with Crippen LogP contribution in [0.4, 0.5) is 13.2 Å². The number of ketones is 2. The van der Waals surface area contributed by atoms with Gasteiger partial charge in [0.25, 0.3) is 0 Å². The summed E-state index contributed by atoms with van der Waals surface area (Å²) < 4.78 is 69.6. The number of aliphatic hydroxyl groups excluding tert-OH is 1. The molecule has 0 spiro atoms. The largest absolute Gasteiger partial charge is 2.00 e. The number of carbonyl (C=O) groups is 2. The Morgan fingerprint density at radius 2 is 1.10 bits per heavy atom. The minimum Gasteiger partial charge on any atom is -0.759 e. The molecule has 0 unspecified atom stereocenters. The predicted molar refractivity (Wildman–Crippen MR) is 135 cm³/mol. The predicted octanol–water partition coefficient (Wildman–Crippen LogP) is 3.39. The smallest absolute Gasteiger partial charge is 0.759 e. The number of halogens is 3. The molecule has 0 aliphatic rings. The molecule has 0 bridgehead atoms. The van der Waals surface area contributed by atoms with Gasteiger partial charge in [-0.15, -0.1) is 0 Å². The summed E-state index contributed by atoms with van der Waals surface area (Å²) in [5.74, 6) is -2.84.